The number of fused-ring (bicyclic) bond motifs is 1. The van der Waals surface area contributed by atoms with E-state index in [9.17, 15) is 0 Å². The van der Waals surface area contributed by atoms with Crippen LogP contribution in [0.5, 0.6) is 0 Å². The Morgan fingerprint density at radius 2 is 2.25 bits per heavy atom. The van der Waals surface area contributed by atoms with Gasteiger partial charge in [0.05, 0.1) is 0 Å². The Bertz CT molecular complexity index is 358. The molecular formula is C14H22N2. The standard InChI is InChI=1S/C14H22N2/c1-3-4-8-16-9-7-13-10-12(11(2)15)5-6-14(13)16/h5-6,10-11H,3-4,7-9,15H2,1-2H3. The zero-order valence-electron chi connectivity index (χ0n) is 10.4. The maximum atomic E-state index is 5.91. The molecule has 0 spiro atoms. The highest BCUT2D eigenvalue weighted by atomic mass is 15.1. The Morgan fingerprint density at radius 1 is 1.44 bits per heavy atom. The second-order valence-electron chi connectivity index (χ2n) is 4.77. The maximum Gasteiger partial charge on any atom is 0.0399 e. The monoisotopic (exact) mass is 218 g/mol. The van der Waals surface area contributed by atoms with E-state index in [0.29, 0.717) is 0 Å². The summed E-state index contributed by atoms with van der Waals surface area (Å²) in [5.41, 5.74) is 10.1. The molecule has 1 aliphatic rings. The maximum absolute atomic E-state index is 5.91. The number of hydrogen-bond acceptors (Lipinski definition) is 2. The number of nitrogens with zero attached hydrogens (tertiary/aromatic N) is 1. The van der Waals surface area contributed by atoms with E-state index in [-0.39, 0.29) is 6.04 Å². The molecule has 0 aliphatic carbocycles. The highest BCUT2D eigenvalue weighted by molar-refractivity contribution is 5.59. The molecule has 1 heterocycles. The molecule has 1 unspecified atom stereocenters. The molecule has 2 nitrogen and oxygen atoms in total. The summed E-state index contributed by atoms with van der Waals surface area (Å²) in [6.07, 6.45) is 3.73. The second kappa shape index (κ2) is 4.88. The van der Waals surface area contributed by atoms with Gasteiger partial charge in [0.15, 0.2) is 0 Å². The van der Waals surface area contributed by atoms with Crippen molar-refractivity contribution in [3.05, 3.63) is 29.3 Å². The van der Waals surface area contributed by atoms with Crippen LogP contribution in [0, 0.1) is 0 Å². The van der Waals surface area contributed by atoms with E-state index in [2.05, 4.69) is 30.0 Å². The van der Waals surface area contributed by atoms with E-state index in [1.54, 1.807) is 0 Å². The predicted molar refractivity (Wildman–Crippen MR) is 69.9 cm³/mol. The van der Waals surface area contributed by atoms with Crippen molar-refractivity contribution in [2.24, 2.45) is 5.73 Å². The van der Waals surface area contributed by atoms with Gasteiger partial charge in [-0.2, -0.15) is 0 Å². The van der Waals surface area contributed by atoms with Crippen LogP contribution >= 0.6 is 0 Å². The fourth-order valence-corrected chi connectivity index (χ4v) is 2.35. The number of rotatable bonds is 4. The Kier molecular flexibility index (Phi) is 3.49. The Balaban J connectivity index is 2.15. The molecule has 2 rings (SSSR count). The zero-order valence-corrected chi connectivity index (χ0v) is 10.4. The smallest absolute Gasteiger partial charge is 0.0399 e. The van der Waals surface area contributed by atoms with Gasteiger partial charge >= 0.3 is 0 Å². The molecule has 0 fully saturated rings. The quantitative estimate of drug-likeness (QED) is 0.842. The largest absolute Gasteiger partial charge is 0.371 e. The summed E-state index contributed by atoms with van der Waals surface area (Å²) < 4.78 is 0. The van der Waals surface area contributed by atoms with E-state index < -0.39 is 0 Å². The highest BCUT2D eigenvalue weighted by Gasteiger charge is 2.18. The molecule has 2 N–H and O–H groups in total. The van der Waals surface area contributed by atoms with E-state index in [0.717, 1.165) is 0 Å². The van der Waals surface area contributed by atoms with Crippen LogP contribution in [-0.2, 0) is 6.42 Å². The lowest BCUT2D eigenvalue weighted by atomic mass is 10.0. The number of nitrogens with two attached hydrogens (primary N) is 1. The van der Waals surface area contributed by atoms with Crippen LogP contribution in [0.25, 0.3) is 0 Å². The molecule has 1 aliphatic heterocycles. The van der Waals surface area contributed by atoms with Crippen molar-refractivity contribution in [2.45, 2.75) is 39.2 Å². The van der Waals surface area contributed by atoms with Gasteiger partial charge in [0.25, 0.3) is 0 Å². The number of unbranched alkanes of at least 4 members (excludes halogenated alkanes) is 1. The lowest BCUT2D eigenvalue weighted by Gasteiger charge is -2.19. The summed E-state index contributed by atoms with van der Waals surface area (Å²) in [6.45, 7) is 6.67. The van der Waals surface area contributed by atoms with Gasteiger partial charge in [-0.25, -0.2) is 0 Å². The second-order valence-corrected chi connectivity index (χ2v) is 4.77. The molecule has 0 bridgehead atoms. The van der Waals surface area contributed by atoms with Gasteiger partial charge in [0, 0.05) is 24.8 Å². The van der Waals surface area contributed by atoms with Gasteiger partial charge in [-0.15, -0.1) is 0 Å². The van der Waals surface area contributed by atoms with Crippen molar-refractivity contribution < 1.29 is 0 Å². The Morgan fingerprint density at radius 3 is 2.94 bits per heavy atom. The van der Waals surface area contributed by atoms with Crippen molar-refractivity contribution in [2.75, 3.05) is 18.0 Å². The van der Waals surface area contributed by atoms with Gasteiger partial charge in [-0.1, -0.05) is 25.5 Å². The van der Waals surface area contributed by atoms with Crippen molar-refractivity contribution >= 4 is 5.69 Å². The van der Waals surface area contributed by atoms with Crippen LogP contribution in [0.1, 0.15) is 43.9 Å². The third-order valence-electron chi connectivity index (χ3n) is 3.40. The molecule has 1 atom stereocenters. The summed E-state index contributed by atoms with van der Waals surface area (Å²) in [4.78, 5) is 2.50. The minimum absolute atomic E-state index is 0.148. The van der Waals surface area contributed by atoms with Crippen molar-refractivity contribution in [3.8, 4) is 0 Å². The van der Waals surface area contributed by atoms with Crippen LogP contribution < -0.4 is 10.6 Å². The summed E-state index contributed by atoms with van der Waals surface area (Å²) in [6, 6.07) is 6.85. The van der Waals surface area contributed by atoms with E-state index in [1.807, 2.05) is 6.92 Å². The first-order valence-corrected chi connectivity index (χ1v) is 6.35. The summed E-state index contributed by atoms with van der Waals surface area (Å²) in [5, 5.41) is 0. The van der Waals surface area contributed by atoms with Gasteiger partial charge in [0.1, 0.15) is 0 Å². The topological polar surface area (TPSA) is 29.3 Å². The molecule has 0 saturated carbocycles. The molecule has 1 aromatic carbocycles. The first-order valence-electron chi connectivity index (χ1n) is 6.35. The van der Waals surface area contributed by atoms with E-state index >= 15 is 0 Å². The van der Waals surface area contributed by atoms with E-state index in [4.69, 9.17) is 5.73 Å². The normalized spacial score (nSPS) is 16.3. The Labute approximate surface area is 98.4 Å². The fourth-order valence-electron chi connectivity index (χ4n) is 2.35. The summed E-state index contributed by atoms with van der Waals surface area (Å²) in [5.74, 6) is 0. The lowest BCUT2D eigenvalue weighted by molar-refractivity contribution is 0.736. The third kappa shape index (κ3) is 2.22. The SMILES string of the molecule is CCCCN1CCc2cc(C(C)N)ccc21. The van der Waals surface area contributed by atoms with Crippen LogP contribution in [-0.4, -0.2) is 13.1 Å². The molecule has 0 amide bonds. The molecule has 2 heteroatoms. The number of anilines is 1. The fraction of sp³-hybridized carbons (Fsp3) is 0.571. The number of hydrogen-bond donors (Lipinski definition) is 1. The molecular weight excluding hydrogens is 196 g/mol. The van der Waals surface area contributed by atoms with Gasteiger partial charge in [-0.3, -0.25) is 0 Å². The average Bonchev–Trinajstić information content (AvgIpc) is 2.68. The van der Waals surface area contributed by atoms with Gasteiger partial charge in [0.2, 0.25) is 0 Å². The summed E-state index contributed by atoms with van der Waals surface area (Å²) >= 11 is 0. The molecule has 1 aromatic rings. The van der Waals surface area contributed by atoms with Gasteiger partial charge in [-0.05, 0) is 37.0 Å². The van der Waals surface area contributed by atoms with Crippen LogP contribution in [0.3, 0.4) is 0 Å². The Hall–Kier alpha value is -1.02. The molecule has 16 heavy (non-hydrogen) atoms. The van der Waals surface area contributed by atoms with Gasteiger partial charge < -0.3 is 10.6 Å². The third-order valence-corrected chi connectivity index (χ3v) is 3.40. The zero-order chi connectivity index (χ0) is 11.5. The van der Waals surface area contributed by atoms with E-state index in [1.165, 1.54) is 49.2 Å². The molecule has 0 saturated heterocycles. The minimum Gasteiger partial charge on any atom is -0.371 e. The number of benzene rings is 1. The predicted octanol–water partition coefficient (Wildman–Crippen LogP) is 2.87. The molecule has 88 valence electrons. The minimum atomic E-state index is 0.148. The van der Waals surface area contributed by atoms with Crippen molar-refractivity contribution in [1.82, 2.24) is 0 Å². The van der Waals surface area contributed by atoms with Crippen molar-refractivity contribution in [1.29, 1.82) is 0 Å². The average molecular weight is 218 g/mol. The lowest BCUT2D eigenvalue weighted by Crippen LogP contribution is -2.21. The first-order chi connectivity index (χ1) is 7.72. The first kappa shape index (κ1) is 11.5. The molecule has 0 aromatic heterocycles. The van der Waals surface area contributed by atoms with Crippen LogP contribution in [0.15, 0.2) is 18.2 Å². The van der Waals surface area contributed by atoms with Crippen LogP contribution in [0.2, 0.25) is 0 Å². The van der Waals surface area contributed by atoms with Crippen LogP contribution in [0.4, 0.5) is 5.69 Å². The molecule has 0 radical (unpaired) electrons. The summed E-state index contributed by atoms with van der Waals surface area (Å²) in [7, 11) is 0. The van der Waals surface area contributed by atoms with Crippen molar-refractivity contribution in [3.63, 3.8) is 0 Å². The highest BCUT2D eigenvalue weighted by Crippen LogP contribution is 2.30.